The molecule has 0 fully saturated rings. The number of nitrogens with two attached hydrogens (primary N) is 1. The third-order valence-electron chi connectivity index (χ3n) is 3.55. The van der Waals surface area contributed by atoms with E-state index in [1.54, 1.807) is 0 Å². The van der Waals surface area contributed by atoms with Gasteiger partial charge in [0, 0.05) is 38.0 Å². The van der Waals surface area contributed by atoms with Crippen molar-refractivity contribution in [2.24, 2.45) is 5.73 Å². The van der Waals surface area contributed by atoms with E-state index in [0.29, 0.717) is 13.0 Å². The highest BCUT2D eigenvalue weighted by Gasteiger charge is 2.22. The number of nitrogens with zero attached hydrogens (tertiary/aromatic N) is 2. The Morgan fingerprint density at radius 2 is 2.00 bits per heavy atom. The van der Waals surface area contributed by atoms with Crippen LogP contribution in [0.1, 0.15) is 37.8 Å². The van der Waals surface area contributed by atoms with Crippen LogP contribution in [0.25, 0.3) is 0 Å². The number of rotatable bonds is 8. The molecule has 114 valence electrons. The fourth-order valence-corrected chi connectivity index (χ4v) is 2.58. The molecule has 2 rings (SSSR count). The summed E-state index contributed by atoms with van der Waals surface area (Å²) >= 11 is 0. The van der Waals surface area contributed by atoms with Gasteiger partial charge in [0.1, 0.15) is 5.82 Å². The van der Waals surface area contributed by atoms with Crippen LogP contribution in [0.3, 0.4) is 0 Å². The van der Waals surface area contributed by atoms with Crippen LogP contribution in [0.4, 0.5) is 0 Å². The van der Waals surface area contributed by atoms with Crippen molar-refractivity contribution < 1.29 is 4.74 Å². The van der Waals surface area contributed by atoms with Crippen LogP contribution in [-0.2, 0) is 17.7 Å². The van der Waals surface area contributed by atoms with Gasteiger partial charge in [-0.25, -0.2) is 4.98 Å². The van der Waals surface area contributed by atoms with Crippen molar-refractivity contribution in [3.05, 3.63) is 54.1 Å². The van der Waals surface area contributed by atoms with Crippen LogP contribution in [0, 0.1) is 0 Å². The number of aryl methyl sites for hydroxylation is 1. The van der Waals surface area contributed by atoms with Crippen LogP contribution in [-0.4, -0.2) is 22.2 Å². The van der Waals surface area contributed by atoms with Gasteiger partial charge >= 0.3 is 0 Å². The predicted molar refractivity (Wildman–Crippen MR) is 85.0 cm³/mol. The number of hydrogen-bond donors (Lipinski definition) is 1. The summed E-state index contributed by atoms with van der Waals surface area (Å²) in [7, 11) is 0. The maximum absolute atomic E-state index is 6.41. The quantitative estimate of drug-likeness (QED) is 0.812. The second kappa shape index (κ2) is 7.96. The van der Waals surface area contributed by atoms with Gasteiger partial charge in [0.25, 0.3) is 0 Å². The smallest absolute Gasteiger partial charge is 0.110 e. The number of aromatic nitrogens is 2. The molecule has 1 aromatic heterocycles. The molecule has 0 radical (unpaired) electrons. The molecule has 0 saturated carbocycles. The van der Waals surface area contributed by atoms with E-state index in [-0.39, 0.29) is 12.1 Å². The van der Waals surface area contributed by atoms with Crippen molar-refractivity contribution in [2.75, 3.05) is 6.61 Å². The van der Waals surface area contributed by atoms with Crippen LogP contribution < -0.4 is 5.73 Å². The molecule has 2 N–H and O–H groups in total. The fourth-order valence-electron chi connectivity index (χ4n) is 2.58. The lowest BCUT2D eigenvalue weighted by Gasteiger charge is -2.24. The average molecular weight is 287 g/mol. The third-order valence-corrected chi connectivity index (χ3v) is 3.55. The molecule has 2 atom stereocenters. The van der Waals surface area contributed by atoms with Gasteiger partial charge in [0.05, 0.1) is 6.10 Å². The van der Waals surface area contributed by atoms with E-state index in [9.17, 15) is 0 Å². The summed E-state index contributed by atoms with van der Waals surface area (Å²) in [4.78, 5) is 4.44. The number of hydrogen-bond acceptors (Lipinski definition) is 3. The summed E-state index contributed by atoms with van der Waals surface area (Å²) in [6.07, 6.45) is 5.57. The lowest BCUT2D eigenvalue weighted by atomic mass is 10.00. The zero-order chi connectivity index (χ0) is 15.1. The largest absolute Gasteiger partial charge is 0.372 e. The van der Waals surface area contributed by atoms with Crippen molar-refractivity contribution in [1.82, 2.24) is 9.55 Å². The van der Waals surface area contributed by atoms with Crippen LogP contribution >= 0.6 is 0 Å². The Bertz CT molecular complexity index is 524. The molecule has 0 bridgehead atoms. The Balaban J connectivity index is 2.11. The minimum Gasteiger partial charge on any atom is -0.372 e. The normalized spacial score (nSPS) is 14.0. The van der Waals surface area contributed by atoms with Gasteiger partial charge in [-0.05, 0) is 18.9 Å². The van der Waals surface area contributed by atoms with Gasteiger partial charge in [-0.2, -0.15) is 0 Å². The lowest BCUT2D eigenvalue weighted by molar-refractivity contribution is 0.0427. The summed E-state index contributed by atoms with van der Waals surface area (Å²) in [6, 6.07) is 10.1. The third kappa shape index (κ3) is 4.16. The maximum atomic E-state index is 6.41. The molecule has 1 aromatic carbocycles. The molecule has 0 saturated heterocycles. The molecule has 2 aromatic rings. The molecule has 0 spiro atoms. The van der Waals surface area contributed by atoms with E-state index in [2.05, 4.69) is 28.6 Å². The van der Waals surface area contributed by atoms with E-state index in [1.165, 1.54) is 0 Å². The summed E-state index contributed by atoms with van der Waals surface area (Å²) < 4.78 is 8.05. The van der Waals surface area contributed by atoms with Gasteiger partial charge in [0.15, 0.2) is 0 Å². The molecule has 0 aliphatic carbocycles. The fraction of sp³-hybridized carbons (Fsp3) is 0.471. The van der Waals surface area contributed by atoms with Crippen molar-refractivity contribution in [2.45, 2.75) is 45.4 Å². The highest BCUT2D eigenvalue weighted by molar-refractivity contribution is 5.19. The Morgan fingerprint density at radius 3 is 2.67 bits per heavy atom. The average Bonchev–Trinajstić information content (AvgIpc) is 2.93. The second-order valence-electron chi connectivity index (χ2n) is 5.19. The van der Waals surface area contributed by atoms with E-state index in [1.807, 2.05) is 37.5 Å². The molecule has 4 nitrogen and oxygen atoms in total. The van der Waals surface area contributed by atoms with Gasteiger partial charge in [-0.15, -0.1) is 0 Å². The Kier molecular flexibility index (Phi) is 5.96. The number of benzene rings is 1. The van der Waals surface area contributed by atoms with Crippen molar-refractivity contribution in [1.29, 1.82) is 0 Å². The minimum absolute atomic E-state index is 0.0945. The first-order valence-electron chi connectivity index (χ1n) is 7.68. The molecule has 2 unspecified atom stereocenters. The Labute approximate surface area is 127 Å². The van der Waals surface area contributed by atoms with Crippen molar-refractivity contribution in [3.63, 3.8) is 0 Å². The molecule has 0 aliphatic rings. The highest BCUT2D eigenvalue weighted by atomic mass is 16.5. The minimum atomic E-state index is -0.106. The molecule has 21 heavy (non-hydrogen) atoms. The summed E-state index contributed by atoms with van der Waals surface area (Å²) in [6.45, 7) is 5.79. The van der Waals surface area contributed by atoms with Gasteiger partial charge < -0.3 is 15.0 Å². The highest BCUT2D eigenvalue weighted by Crippen LogP contribution is 2.22. The van der Waals surface area contributed by atoms with Gasteiger partial charge in [-0.3, -0.25) is 0 Å². The zero-order valence-corrected chi connectivity index (χ0v) is 12.9. The molecule has 1 heterocycles. The molecular formula is C17H25N3O. The molecule has 4 heteroatoms. The van der Waals surface area contributed by atoms with Gasteiger partial charge in [-0.1, -0.05) is 37.3 Å². The monoisotopic (exact) mass is 287 g/mol. The summed E-state index contributed by atoms with van der Waals surface area (Å²) in [5, 5.41) is 0. The van der Waals surface area contributed by atoms with Gasteiger partial charge in [0.2, 0.25) is 0 Å². The molecular weight excluding hydrogens is 262 g/mol. The topological polar surface area (TPSA) is 53.1 Å². The predicted octanol–water partition coefficient (Wildman–Crippen LogP) is 2.94. The first kappa shape index (κ1) is 15.7. The molecule has 0 aliphatic heterocycles. The number of imidazole rings is 1. The van der Waals surface area contributed by atoms with Crippen molar-refractivity contribution >= 4 is 0 Å². The first-order valence-corrected chi connectivity index (χ1v) is 7.68. The Morgan fingerprint density at radius 1 is 1.24 bits per heavy atom. The molecule has 0 amide bonds. The summed E-state index contributed by atoms with van der Waals surface area (Å²) in [5.41, 5.74) is 7.54. The van der Waals surface area contributed by atoms with Crippen molar-refractivity contribution in [3.8, 4) is 0 Å². The van der Waals surface area contributed by atoms with E-state index in [4.69, 9.17) is 10.5 Å². The standard InChI is InChI=1S/C17H25N3O/c1-3-11-20-12-10-19-16(20)13-15(18)17(21-4-2)14-8-6-5-7-9-14/h5-10,12,15,17H,3-4,11,13,18H2,1-2H3. The lowest BCUT2D eigenvalue weighted by Crippen LogP contribution is -2.33. The second-order valence-corrected chi connectivity index (χ2v) is 5.19. The number of ether oxygens (including phenoxy) is 1. The zero-order valence-electron chi connectivity index (χ0n) is 12.9. The van der Waals surface area contributed by atoms with E-state index < -0.39 is 0 Å². The van der Waals surface area contributed by atoms with E-state index in [0.717, 1.165) is 24.4 Å². The van der Waals surface area contributed by atoms with Crippen LogP contribution in [0.2, 0.25) is 0 Å². The first-order chi connectivity index (χ1) is 10.3. The van der Waals surface area contributed by atoms with E-state index >= 15 is 0 Å². The van der Waals surface area contributed by atoms with Crippen LogP contribution in [0.15, 0.2) is 42.7 Å². The SMILES string of the molecule is CCCn1ccnc1CC(N)C(OCC)c1ccccc1. The summed E-state index contributed by atoms with van der Waals surface area (Å²) in [5.74, 6) is 1.03. The maximum Gasteiger partial charge on any atom is 0.110 e. The Hall–Kier alpha value is -1.65. The van der Waals surface area contributed by atoms with Crippen LogP contribution in [0.5, 0.6) is 0 Å².